The zero-order valence-corrected chi connectivity index (χ0v) is 26.7. The Labute approximate surface area is 261 Å². The highest BCUT2D eigenvalue weighted by atomic mass is 79.9. The van der Waals surface area contributed by atoms with Crippen molar-refractivity contribution in [3.8, 4) is 0 Å². The zero-order chi connectivity index (χ0) is 31.3. The summed E-state index contributed by atoms with van der Waals surface area (Å²) >= 11 is 3.66. The van der Waals surface area contributed by atoms with Crippen LogP contribution in [0, 0.1) is 11.8 Å². The van der Waals surface area contributed by atoms with E-state index in [4.69, 9.17) is 14.2 Å². The number of hydrogen-bond acceptors (Lipinski definition) is 9. The average molecular weight is 670 g/mol. The van der Waals surface area contributed by atoms with Gasteiger partial charge in [-0.05, 0) is 26.7 Å². The maximum absolute atomic E-state index is 14.4. The molecule has 8 atom stereocenters. The van der Waals surface area contributed by atoms with Crippen LogP contribution in [0.4, 0.5) is 0 Å². The molecule has 0 aromatic carbocycles. The molecule has 12 nitrogen and oxygen atoms in total. The Kier molecular flexibility index (Phi) is 11.4. The number of nitrogens with zero attached hydrogens (tertiary/aromatic N) is 3. The fourth-order valence-electron chi connectivity index (χ4n) is 6.78. The molecule has 1 unspecified atom stereocenters. The number of hydrogen-bond donors (Lipinski definition) is 2. The van der Waals surface area contributed by atoms with Gasteiger partial charge in [-0.25, -0.2) is 0 Å². The third kappa shape index (κ3) is 6.85. The van der Waals surface area contributed by atoms with Crippen molar-refractivity contribution in [1.29, 1.82) is 0 Å². The van der Waals surface area contributed by atoms with Crippen LogP contribution < -0.4 is 5.32 Å². The Morgan fingerprint density at radius 2 is 1.98 bits per heavy atom. The second-order valence-corrected chi connectivity index (χ2v) is 13.0. The van der Waals surface area contributed by atoms with Crippen LogP contribution in [0.5, 0.6) is 0 Å². The molecule has 4 saturated heterocycles. The number of morpholine rings is 1. The molecule has 4 aliphatic heterocycles. The summed E-state index contributed by atoms with van der Waals surface area (Å²) in [6, 6.07) is -1.70. The smallest absolute Gasteiger partial charge is 0.312 e. The molecular weight excluding hydrogens is 624 g/mol. The van der Waals surface area contributed by atoms with E-state index in [-0.39, 0.29) is 42.8 Å². The normalized spacial score (nSPS) is 31.3. The maximum atomic E-state index is 14.4. The van der Waals surface area contributed by atoms with Gasteiger partial charge >= 0.3 is 5.97 Å². The first-order chi connectivity index (χ1) is 20.6. The molecule has 0 aromatic rings. The van der Waals surface area contributed by atoms with Crippen LogP contribution in [-0.2, 0) is 33.4 Å². The standard InChI is InChI=1S/C30H45BrN4O8/c1-5-7-8-22(37)32-17-20(4)42-29(40)23-24-27(38)35(19(3)18-36)26(30(24)16-21(31)25(23)43-30)28(39)34(9-6-2)11-10-33-12-14-41-15-13-33/h5-6,19-21,23-26,36H,1-2,7-18H2,3-4H3,(H,32,37)/t19-,20+,21?,23-,24+,25-,26-,30+/m1/s1. The summed E-state index contributed by atoms with van der Waals surface area (Å²) in [7, 11) is 0. The van der Waals surface area contributed by atoms with Gasteiger partial charge in [0, 0.05) is 44.0 Å². The summed E-state index contributed by atoms with van der Waals surface area (Å²) in [5.41, 5.74) is -1.26. The number of carbonyl (C=O) groups is 4. The molecule has 2 N–H and O–H groups in total. The van der Waals surface area contributed by atoms with Gasteiger partial charge in [-0.15, -0.1) is 13.2 Å². The highest BCUT2D eigenvalue weighted by Crippen LogP contribution is 2.60. The predicted molar refractivity (Wildman–Crippen MR) is 161 cm³/mol. The monoisotopic (exact) mass is 668 g/mol. The number of esters is 1. The largest absolute Gasteiger partial charge is 0.460 e. The van der Waals surface area contributed by atoms with Gasteiger partial charge in [0.1, 0.15) is 17.7 Å². The lowest BCUT2D eigenvalue weighted by molar-refractivity contribution is -0.160. The van der Waals surface area contributed by atoms with Crippen LogP contribution in [0.15, 0.2) is 25.3 Å². The van der Waals surface area contributed by atoms with Crippen molar-refractivity contribution in [3.05, 3.63) is 25.3 Å². The number of aliphatic hydroxyl groups excluding tert-OH is 1. The van der Waals surface area contributed by atoms with Gasteiger partial charge < -0.3 is 34.4 Å². The van der Waals surface area contributed by atoms with Crippen LogP contribution in [0.3, 0.4) is 0 Å². The molecule has 3 amide bonds. The highest BCUT2D eigenvalue weighted by Gasteiger charge is 2.77. The number of halogens is 1. The van der Waals surface area contributed by atoms with Gasteiger partial charge in [0.25, 0.3) is 0 Å². The highest BCUT2D eigenvalue weighted by molar-refractivity contribution is 9.09. The predicted octanol–water partition coefficient (Wildman–Crippen LogP) is 0.476. The lowest BCUT2D eigenvalue weighted by Crippen LogP contribution is -2.59. The van der Waals surface area contributed by atoms with Gasteiger partial charge in [0.2, 0.25) is 17.7 Å². The van der Waals surface area contributed by atoms with Crippen molar-refractivity contribution in [1.82, 2.24) is 20.0 Å². The fraction of sp³-hybridized carbons (Fsp3) is 0.733. The van der Waals surface area contributed by atoms with Gasteiger partial charge in [-0.3, -0.25) is 24.1 Å². The van der Waals surface area contributed by atoms with Crippen molar-refractivity contribution >= 4 is 39.6 Å². The van der Waals surface area contributed by atoms with Crippen LogP contribution in [0.1, 0.15) is 33.1 Å². The summed E-state index contributed by atoms with van der Waals surface area (Å²) in [6.45, 7) is 14.7. The molecule has 1 spiro atoms. The number of allylic oxidation sites excluding steroid dienone is 1. The number of alkyl halides is 1. The third-order valence-corrected chi connectivity index (χ3v) is 9.75. The van der Waals surface area contributed by atoms with Gasteiger partial charge in [0.15, 0.2) is 0 Å². The zero-order valence-electron chi connectivity index (χ0n) is 25.1. The van der Waals surface area contributed by atoms with E-state index >= 15 is 0 Å². The number of fused-ring (bicyclic) bond motifs is 1. The molecule has 4 heterocycles. The fourth-order valence-corrected chi connectivity index (χ4v) is 7.73. The average Bonchev–Trinajstić information content (AvgIpc) is 3.60. The second-order valence-electron chi connectivity index (χ2n) is 11.8. The van der Waals surface area contributed by atoms with E-state index in [9.17, 15) is 24.3 Å². The second kappa shape index (κ2) is 14.6. The minimum atomic E-state index is -1.26. The lowest BCUT2D eigenvalue weighted by atomic mass is 9.70. The topological polar surface area (TPSA) is 138 Å². The molecule has 13 heteroatoms. The van der Waals surface area contributed by atoms with E-state index in [1.807, 2.05) is 0 Å². The minimum absolute atomic E-state index is 0.121. The summed E-state index contributed by atoms with van der Waals surface area (Å²) < 4.78 is 17.7. The van der Waals surface area contributed by atoms with Gasteiger partial charge in [0.05, 0.1) is 50.3 Å². The number of amides is 3. The Balaban J connectivity index is 1.56. The van der Waals surface area contributed by atoms with E-state index in [0.29, 0.717) is 39.1 Å². The molecular formula is C30H45BrN4O8. The Morgan fingerprint density at radius 1 is 1.26 bits per heavy atom. The minimum Gasteiger partial charge on any atom is -0.460 e. The number of likely N-dealkylation sites (tertiary alicyclic amines) is 1. The van der Waals surface area contributed by atoms with Crippen molar-refractivity contribution in [3.63, 3.8) is 0 Å². The number of ether oxygens (including phenoxy) is 3. The molecule has 0 aliphatic carbocycles. The number of nitrogens with one attached hydrogen (secondary N) is 1. The van der Waals surface area contributed by atoms with E-state index in [0.717, 1.165) is 13.1 Å². The Hall–Kier alpha value is -2.32. The first-order valence-corrected chi connectivity index (χ1v) is 16.0. The molecule has 4 rings (SSSR count). The summed E-state index contributed by atoms with van der Waals surface area (Å²) in [6.07, 6.45) is 3.18. The van der Waals surface area contributed by atoms with Crippen LogP contribution in [0.2, 0.25) is 0 Å². The molecule has 4 aliphatic rings. The lowest BCUT2D eigenvalue weighted by Gasteiger charge is -2.39. The van der Waals surface area contributed by atoms with E-state index < -0.39 is 53.6 Å². The molecule has 240 valence electrons. The molecule has 4 fully saturated rings. The first-order valence-electron chi connectivity index (χ1n) is 15.1. The number of aliphatic hydroxyl groups is 1. The van der Waals surface area contributed by atoms with Crippen molar-refractivity contribution in [2.75, 3.05) is 59.1 Å². The summed E-state index contributed by atoms with van der Waals surface area (Å²) in [5, 5.41) is 12.9. The Morgan fingerprint density at radius 3 is 2.63 bits per heavy atom. The molecule has 0 saturated carbocycles. The molecule has 0 radical (unpaired) electrons. The van der Waals surface area contributed by atoms with Crippen molar-refractivity contribution in [2.45, 2.75) is 67.8 Å². The summed E-state index contributed by atoms with van der Waals surface area (Å²) in [4.78, 5) is 59.2. The Bertz CT molecular complexity index is 1070. The van der Waals surface area contributed by atoms with Crippen LogP contribution in [0.25, 0.3) is 0 Å². The van der Waals surface area contributed by atoms with E-state index in [1.54, 1.807) is 30.9 Å². The molecule has 43 heavy (non-hydrogen) atoms. The first kappa shape index (κ1) is 33.6. The van der Waals surface area contributed by atoms with Gasteiger partial charge in [-0.2, -0.15) is 0 Å². The SMILES string of the molecule is C=CCCC(=O)NC[C@H](C)OC(=O)[C@H]1[C@@H]2O[C@@]3(CC2Br)[C@@H]1C(=O)N([C@H](C)CO)[C@@H]3C(=O)N(CC=C)CCN1CCOCC1. The summed E-state index contributed by atoms with van der Waals surface area (Å²) in [5.74, 6) is -3.38. The van der Waals surface area contributed by atoms with E-state index in [1.165, 1.54) is 4.90 Å². The van der Waals surface area contributed by atoms with Crippen LogP contribution >= 0.6 is 15.9 Å². The van der Waals surface area contributed by atoms with Gasteiger partial charge in [-0.1, -0.05) is 28.1 Å². The van der Waals surface area contributed by atoms with Crippen LogP contribution in [-0.4, -0.2) is 137 Å². The number of rotatable bonds is 15. The van der Waals surface area contributed by atoms with E-state index in [2.05, 4.69) is 39.3 Å². The molecule has 0 aromatic heterocycles. The van der Waals surface area contributed by atoms with Crippen molar-refractivity contribution < 1.29 is 38.5 Å². The quantitative estimate of drug-likeness (QED) is 0.145. The van der Waals surface area contributed by atoms with Crippen molar-refractivity contribution in [2.24, 2.45) is 11.8 Å². The number of carbonyl (C=O) groups excluding carboxylic acids is 4. The maximum Gasteiger partial charge on any atom is 0.312 e. The molecule has 2 bridgehead atoms. The third-order valence-electron chi connectivity index (χ3n) is 8.90.